The van der Waals surface area contributed by atoms with E-state index >= 15 is 0 Å². The van der Waals surface area contributed by atoms with Gasteiger partial charge in [0.25, 0.3) is 0 Å². The molecule has 3 N–H and O–H groups in total. The largest absolute Gasteiger partial charge is 0.147 e. The van der Waals surface area contributed by atoms with Gasteiger partial charge in [-0.2, -0.15) is 0 Å². The Balaban J connectivity index is 0.00000196. The van der Waals surface area contributed by atoms with Crippen LogP contribution in [0.1, 0.15) is 5.56 Å². The molecule has 0 aliphatic rings. The molecule has 0 aliphatic heterocycles. The average Bonchev–Trinajstić information content (AvgIpc) is 2.18. The second kappa shape index (κ2) is 6.85. The zero-order valence-electron chi connectivity index (χ0n) is 8.34. The summed E-state index contributed by atoms with van der Waals surface area (Å²) >= 11 is 0.448. The fraction of sp³-hybridized carbons (Fsp3) is 0.300. The number of nitrogens with two attached hydrogens (primary N) is 1. The molecule has 5 heteroatoms. The Hall–Kier alpha value is -0.541. The van der Waals surface area contributed by atoms with Crippen molar-refractivity contribution >= 4 is 37.8 Å². The SMILES string of the molecule is C[Se]c1cccc(CC(N)C(=O)O)c1.Cl. The third-order valence-corrected chi connectivity index (χ3v) is 3.43. The second-order valence-electron chi connectivity index (χ2n) is 3.00. The van der Waals surface area contributed by atoms with E-state index in [1.807, 2.05) is 18.2 Å². The third kappa shape index (κ3) is 4.67. The Morgan fingerprint density at radius 2 is 2.27 bits per heavy atom. The molecule has 0 amide bonds. The predicted molar refractivity (Wildman–Crippen MR) is 64.3 cm³/mol. The van der Waals surface area contributed by atoms with E-state index in [9.17, 15) is 4.79 Å². The summed E-state index contributed by atoms with van der Waals surface area (Å²) in [5.41, 5.74) is 6.45. The zero-order valence-corrected chi connectivity index (χ0v) is 10.9. The Kier molecular flexibility index (Phi) is 6.61. The molecule has 0 aliphatic carbocycles. The molecule has 1 atom stereocenters. The Bertz CT molecular complexity index is 333. The van der Waals surface area contributed by atoms with E-state index in [0.717, 1.165) is 5.56 Å². The number of hydrogen-bond donors (Lipinski definition) is 2. The summed E-state index contributed by atoms with van der Waals surface area (Å²) in [7, 11) is 0. The first-order valence-corrected chi connectivity index (χ1v) is 6.81. The summed E-state index contributed by atoms with van der Waals surface area (Å²) < 4.78 is 1.27. The molecule has 0 bridgehead atoms. The summed E-state index contributed by atoms with van der Waals surface area (Å²) in [6.45, 7) is 0. The van der Waals surface area contributed by atoms with Gasteiger partial charge in [0.15, 0.2) is 0 Å². The summed E-state index contributed by atoms with van der Waals surface area (Å²) in [4.78, 5) is 10.5. The van der Waals surface area contributed by atoms with E-state index in [0.29, 0.717) is 21.4 Å². The molecule has 1 unspecified atom stereocenters. The molecule has 0 saturated heterocycles. The number of carboxylic acids is 1. The van der Waals surface area contributed by atoms with Crippen LogP contribution in [-0.2, 0) is 11.2 Å². The second-order valence-corrected chi connectivity index (χ2v) is 4.85. The van der Waals surface area contributed by atoms with E-state index in [2.05, 4.69) is 11.9 Å². The number of carbonyl (C=O) groups is 1. The van der Waals surface area contributed by atoms with Gasteiger partial charge < -0.3 is 0 Å². The topological polar surface area (TPSA) is 63.3 Å². The maximum absolute atomic E-state index is 10.5. The van der Waals surface area contributed by atoms with Crippen LogP contribution < -0.4 is 10.2 Å². The molecule has 0 spiro atoms. The van der Waals surface area contributed by atoms with Crippen LogP contribution in [-0.4, -0.2) is 32.1 Å². The minimum absolute atomic E-state index is 0. The van der Waals surface area contributed by atoms with Gasteiger partial charge in [-0.25, -0.2) is 0 Å². The molecule has 0 fully saturated rings. The summed E-state index contributed by atoms with van der Waals surface area (Å²) in [6.07, 6.45) is 0.402. The molecule has 0 saturated carbocycles. The number of hydrogen-bond acceptors (Lipinski definition) is 2. The van der Waals surface area contributed by atoms with Crippen molar-refractivity contribution in [1.82, 2.24) is 0 Å². The van der Waals surface area contributed by atoms with Crippen LogP contribution in [0.2, 0.25) is 5.82 Å². The van der Waals surface area contributed by atoms with E-state index in [1.54, 1.807) is 0 Å². The molecule has 1 rings (SSSR count). The van der Waals surface area contributed by atoms with Crippen molar-refractivity contribution in [2.45, 2.75) is 18.3 Å². The van der Waals surface area contributed by atoms with Crippen LogP contribution >= 0.6 is 12.4 Å². The number of benzene rings is 1. The maximum Gasteiger partial charge on any atom is -0.147 e. The van der Waals surface area contributed by atoms with Gasteiger partial charge in [-0.15, -0.1) is 12.4 Å². The number of rotatable bonds is 4. The number of aliphatic carboxylic acids is 1. The van der Waals surface area contributed by atoms with Gasteiger partial charge >= 0.3 is 89.1 Å². The van der Waals surface area contributed by atoms with E-state index in [1.165, 1.54) is 4.46 Å². The van der Waals surface area contributed by atoms with Crippen molar-refractivity contribution in [3.05, 3.63) is 29.8 Å². The zero-order chi connectivity index (χ0) is 10.6. The Labute approximate surface area is 102 Å². The van der Waals surface area contributed by atoms with Crippen LogP contribution in [0.5, 0.6) is 0 Å². The van der Waals surface area contributed by atoms with Crippen molar-refractivity contribution in [3.8, 4) is 0 Å². The van der Waals surface area contributed by atoms with E-state index in [4.69, 9.17) is 10.8 Å². The Morgan fingerprint density at radius 3 is 2.80 bits per heavy atom. The van der Waals surface area contributed by atoms with Crippen LogP contribution in [0, 0.1) is 0 Å². The van der Waals surface area contributed by atoms with Crippen LogP contribution in [0.25, 0.3) is 0 Å². The van der Waals surface area contributed by atoms with Crippen LogP contribution in [0.3, 0.4) is 0 Å². The van der Waals surface area contributed by atoms with Gasteiger partial charge in [0.2, 0.25) is 0 Å². The molecule has 1 aromatic rings. The van der Waals surface area contributed by atoms with E-state index < -0.39 is 12.0 Å². The molecule has 0 radical (unpaired) electrons. The quantitative estimate of drug-likeness (QED) is 0.792. The summed E-state index contributed by atoms with van der Waals surface area (Å²) in [6, 6.07) is 7.15. The van der Waals surface area contributed by atoms with Crippen molar-refractivity contribution < 1.29 is 9.90 Å². The van der Waals surface area contributed by atoms with Gasteiger partial charge in [-0.05, 0) is 0 Å². The molecule has 1 aromatic carbocycles. The first-order valence-electron chi connectivity index (χ1n) is 4.25. The molecule has 15 heavy (non-hydrogen) atoms. The van der Waals surface area contributed by atoms with Crippen molar-refractivity contribution in [3.63, 3.8) is 0 Å². The minimum atomic E-state index is -0.947. The van der Waals surface area contributed by atoms with Gasteiger partial charge in [0.1, 0.15) is 0 Å². The molecular weight excluding hydrogens is 281 g/mol. The van der Waals surface area contributed by atoms with Gasteiger partial charge in [-0.1, -0.05) is 0 Å². The molecule has 3 nitrogen and oxygen atoms in total. The molecule has 84 valence electrons. The average molecular weight is 295 g/mol. The fourth-order valence-electron chi connectivity index (χ4n) is 1.14. The monoisotopic (exact) mass is 295 g/mol. The van der Waals surface area contributed by atoms with Gasteiger partial charge in [-0.3, -0.25) is 0 Å². The molecular formula is C10H14ClNO2Se. The Morgan fingerprint density at radius 1 is 1.60 bits per heavy atom. The maximum atomic E-state index is 10.5. The van der Waals surface area contributed by atoms with Gasteiger partial charge in [0, 0.05) is 0 Å². The van der Waals surface area contributed by atoms with Crippen LogP contribution in [0.4, 0.5) is 0 Å². The minimum Gasteiger partial charge on any atom is -0.147 e. The van der Waals surface area contributed by atoms with E-state index in [-0.39, 0.29) is 12.4 Å². The summed E-state index contributed by atoms with van der Waals surface area (Å²) in [5.74, 6) is 1.18. The van der Waals surface area contributed by atoms with Crippen molar-refractivity contribution in [2.75, 3.05) is 0 Å². The third-order valence-electron chi connectivity index (χ3n) is 1.91. The van der Waals surface area contributed by atoms with Crippen LogP contribution in [0.15, 0.2) is 24.3 Å². The molecule has 0 aromatic heterocycles. The summed E-state index contributed by atoms with van der Waals surface area (Å²) in [5, 5.41) is 8.65. The predicted octanol–water partition coefficient (Wildman–Crippen LogP) is 0.440. The standard InChI is InChI=1S/C10H13NO2Se.ClH/c1-14-8-4-2-3-7(5-8)6-9(11)10(12)13;/h2-5,9H,6,11H2,1H3,(H,12,13);1H. The normalized spacial score (nSPS) is 11.6. The first-order chi connectivity index (χ1) is 6.63. The number of carboxylic acid groups (broad SMARTS) is 1. The fourth-order valence-corrected chi connectivity index (χ4v) is 2.16. The number of halogens is 1. The van der Waals surface area contributed by atoms with Crippen molar-refractivity contribution in [1.29, 1.82) is 0 Å². The van der Waals surface area contributed by atoms with Crippen molar-refractivity contribution in [2.24, 2.45) is 5.73 Å². The van der Waals surface area contributed by atoms with Gasteiger partial charge in [0.05, 0.1) is 0 Å². The smallest absolute Gasteiger partial charge is 0.147 e. The first kappa shape index (κ1) is 14.5. The molecule has 0 heterocycles.